The third-order valence-electron chi connectivity index (χ3n) is 4.47. The summed E-state index contributed by atoms with van der Waals surface area (Å²) >= 11 is 0. The first kappa shape index (κ1) is 13.3. The molecule has 3 heteroatoms. The van der Waals surface area contributed by atoms with Crippen molar-refractivity contribution in [1.29, 1.82) is 0 Å². The second-order valence-electron chi connectivity index (χ2n) is 6.98. The largest absolute Gasteiger partial charge is 0.391 e. The van der Waals surface area contributed by atoms with Crippen molar-refractivity contribution < 1.29 is 5.11 Å². The fourth-order valence-electron chi connectivity index (χ4n) is 3.00. The zero-order valence-corrected chi connectivity index (χ0v) is 11.8. The summed E-state index contributed by atoms with van der Waals surface area (Å²) < 4.78 is 0. The third kappa shape index (κ3) is 3.01. The number of fused-ring (bicyclic) bond motifs is 1. The van der Waals surface area contributed by atoms with Crippen LogP contribution in [0.1, 0.15) is 40.5 Å². The molecule has 17 heavy (non-hydrogen) atoms. The summed E-state index contributed by atoms with van der Waals surface area (Å²) in [5.41, 5.74) is -0.00741. The van der Waals surface area contributed by atoms with E-state index < -0.39 is 0 Å². The molecule has 3 unspecified atom stereocenters. The molecule has 2 aliphatic heterocycles. The zero-order chi connectivity index (χ0) is 12.6. The van der Waals surface area contributed by atoms with E-state index in [2.05, 4.69) is 37.5 Å². The minimum absolute atomic E-state index is 0.00741. The normalized spacial score (nSPS) is 33.7. The maximum absolute atomic E-state index is 10.2. The Labute approximate surface area is 106 Å². The lowest BCUT2D eigenvalue weighted by Gasteiger charge is -2.44. The first-order chi connectivity index (χ1) is 7.88. The third-order valence-corrected chi connectivity index (χ3v) is 4.47. The fraction of sp³-hybridized carbons (Fsp3) is 1.00. The van der Waals surface area contributed by atoms with E-state index in [1.807, 2.05) is 0 Å². The van der Waals surface area contributed by atoms with Crippen LogP contribution in [0.5, 0.6) is 0 Å². The van der Waals surface area contributed by atoms with Crippen molar-refractivity contribution in [2.75, 3.05) is 26.2 Å². The lowest BCUT2D eigenvalue weighted by Crippen LogP contribution is -2.57. The summed E-state index contributed by atoms with van der Waals surface area (Å²) in [5.74, 6) is 0. The molecule has 0 spiro atoms. The van der Waals surface area contributed by atoms with E-state index in [1.54, 1.807) is 0 Å². The van der Waals surface area contributed by atoms with Gasteiger partial charge < -0.3 is 5.11 Å². The van der Waals surface area contributed by atoms with Crippen molar-refractivity contribution in [3.05, 3.63) is 0 Å². The number of hydrogen-bond donors (Lipinski definition) is 1. The van der Waals surface area contributed by atoms with Gasteiger partial charge in [-0.1, -0.05) is 20.8 Å². The average molecular weight is 240 g/mol. The molecule has 2 heterocycles. The Morgan fingerprint density at radius 3 is 2.65 bits per heavy atom. The van der Waals surface area contributed by atoms with E-state index in [9.17, 15) is 5.11 Å². The van der Waals surface area contributed by atoms with Crippen LogP contribution in [0.4, 0.5) is 0 Å². The van der Waals surface area contributed by atoms with Gasteiger partial charge in [0.1, 0.15) is 0 Å². The van der Waals surface area contributed by atoms with Crippen molar-refractivity contribution in [2.45, 2.75) is 58.7 Å². The van der Waals surface area contributed by atoms with Crippen LogP contribution in [0.15, 0.2) is 0 Å². The molecule has 0 aliphatic carbocycles. The molecule has 0 radical (unpaired) electrons. The second kappa shape index (κ2) is 4.87. The number of hydrogen-bond acceptors (Lipinski definition) is 3. The van der Waals surface area contributed by atoms with Gasteiger partial charge in [-0.2, -0.15) is 0 Å². The molecular formula is C14H28N2O. The van der Waals surface area contributed by atoms with Crippen LogP contribution in [-0.4, -0.2) is 59.3 Å². The van der Waals surface area contributed by atoms with E-state index in [0.29, 0.717) is 6.04 Å². The van der Waals surface area contributed by atoms with Crippen LogP contribution in [0.3, 0.4) is 0 Å². The monoisotopic (exact) mass is 240 g/mol. The maximum atomic E-state index is 10.2. The van der Waals surface area contributed by atoms with Gasteiger partial charge in [0.25, 0.3) is 0 Å². The molecule has 0 amide bonds. The highest BCUT2D eigenvalue weighted by atomic mass is 16.3. The lowest BCUT2D eigenvalue weighted by atomic mass is 9.88. The number of aliphatic hydroxyl groups excluding tert-OH is 1. The highest BCUT2D eigenvalue weighted by molar-refractivity contribution is 4.92. The smallest absolute Gasteiger partial charge is 0.0715 e. The van der Waals surface area contributed by atoms with Crippen molar-refractivity contribution >= 4 is 0 Å². The molecule has 2 fully saturated rings. The Morgan fingerprint density at radius 2 is 2.00 bits per heavy atom. The summed E-state index contributed by atoms with van der Waals surface area (Å²) in [6, 6.07) is 1.33. The molecule has 2 saturated heterocycles. The molecule has 2 aliphatic rings. The predicted molar refractivity (Wildman–Crippen MR) is 71.1 cm³/mol. The quantitative estimate of drug-likeness (QED) is 0.793. The van der Waals surface area contributed by atoms with Gasteiger partial charge in [0.15, 0.2) is 0 Å². The summed E-state index contributed by atoms with van der Waals surface area (Å²) in [4.78, 5) is 5.12. The minimum atomic E-state index is -0.224. The van der Waals surface area contributed by atoms with Gasteiger partial charge in [0.2, 0.25) is 0 Å². The zero-order valence-electron chi connectivity index (χ0n) is 11.8. The van der Waals surface area contributed by atoms with Crippen molar-refractivity contribution in [3.63, 3.8) is 0 Å². The van der Waals surface area contributed by atoms with Gasteiger partial charge in [0.05, 0.1) is 6.10 Å². The van der Waals surface area contributed by atoms with E-state index in [1.165, 1.54) is 25.9 Å². The highest BCUT2D eigenvalue weighted by Crippen LogP contribution is 2.27. The van der Waals surface area contributed by atoms with Crippen LogP contribution >= 0.6 is 0 Å². The summed E-state index contributed by atoms with van der Waals surface area (Å²) in [6.45, 7) is 13.1. The van der Waals surface area contributed by atoms with Gasteiger partial charge in [-0.3, -0.25) is 9.80 Å². The van der Waals surface area contributed by atoms with Crippen LogP contribution in [0.2, 0.25) is 0 Å². The molecule has 0 aromatic rings. The summed E-state index contributed by atoms with van der Waals surface area (Å²) in [7, 11) is 0. The van der Waals surface area contributed by atoms with Gasteiger partial charge in [-0.25, -0.2) is 0 Å². The van der Waals surface area contributed by atoms with E-state index in [0.717, 1.165) is 19.1 Å². The van der Waals surface area contributed by atoms with Gasteiger partial charge >= 0.3 is 0 Å². The van der Waals surface area contributed by atoms with Crippen molar-refractivity contribution in [1.82, 2.24) is 9.80 Å². The number of β-amino-alcohol motifs (C(OH)–C–C–N with tert-alkyl or cyclic N) is 1. The Bertz CT molecular complexity index is 261. The van der Waals surface area contributed by atoms with Crippen LogP contribution in [0, 0.1) is 5.41 Å². The molecule has 1 N–H and O–H groups in total. The SMILES string of the molecule is CC1CN2CCCC2CN1CC(O)C(C)(C)C. The lowest BCUT2D eigenvalue weighted by molar-refractivity contribution is -0.0142. The van der Waals surface area contributed by atoms with Crippen molar-refractivity contribution in [2.24, 2.45) is 5.41 Å². The molecule has 100 valence electrons. The number of rotatable bonds is 2. The number of aliphatic hydroxyl groups is 1. The van der Waals surface area contributed by atoms with Gasteiger partial charge in [-0.15, -0.1) is 0 Å². The molecule has 0 aromatic heterocycles. The minimum Gasteiger partial charge on any atom is -0.391 e. The Hall–Kier alpha value is -0.120. The summed E-state index contributed by atoms with van der Waals surface area (Å²) in [6.07, 6.45) is 2.47. The second-order valence-corrected chi connectivity index (χ2v) is 6.98. The van der Waals surface area contributed by atoms with Crippen molar-refractivity contribution in [3.8, 4) is 0 Å². The first-order valence-corrected chi connectivity index (χ1v) is 7.04. The Balaban J connectivity index is 1.92. The molecule has 3 atom stereocenters. The molecule has 0 saturated carbocycles. The number of piperazine rings is 1. The molecule has 0 bridgehead atoms. The number of nitrogens with zero attached hydrogens (tertiary/aromatic N) is 2. The molecule has 0 aromatic carbocycles. The van der Waals surface area contributed by atoms with Crippen LogP contribution in [-0.2, 0) is 0 Å². The highest BCUT2D eigenvalue weighted by Gasteiger charge is 2.36. The maximum Gasteiger partial charge on any atom is 0.0715 e. The molecule has 3 nitrogen and oxygen atoms in total. The van der Waals surface area contributed by atoms with E-state index >= 15 is 0 Å². The molecular weight excluding hydrogens is 212 g/mol. The first-order valence-electron chi connectivity index (χ1n) is 7.04. The van der Waals surface area contributed by atoms with Crippen LogP contribution in [0.25, 0.3) is 0 Å². The Kier molecular flexibility index (Phi) is 3.81. The average Bonchev–Trinajstić information content (AvgIpc) is 2.63. The Morgan fingerprint density at radius 1 is 1.29 bits per heavy atom. The topological polar surface area (TPSA) is 26.7 Å². The summed E-state index contributed by atoms with van der Waals surface area (Å²) in [5, 5.41) is 10.2. The van der Waals surface area contributed by atoms with Gasteiger partial charge in [0, 0.05) is 31.7 Å². The van der Waals surface area contributed by atoms with Crippen LogP contribution < -0.4 is 0 Å². The van der Waals surface area contributed by atoms with E-state index in [4.69, 9.17) is 0 Å². The van der Waals surface area contributed by atoms with Gasteiger partial charge in [-0.05, 0) is 31.7 Å². The predicted octanol–water partition coefficient (Wildman–Crippen LogP) is 1.56. The fourth-order valence-corrected chi connectivity index (χ4v) is 3.00. The standard InChI is InChI=1S/C14H28N2O/c1-11-8-15-7-5-6-12(15)9-16(11)10-13(17)14(2,3)4/h11-13,17H,5-10H2,1-4H3. The van der Waals surface area contributed by atoms with E-state index in [-0.39, 0.29) is 11.5 Å². The molecule has 2 rings (SSSR count).